The van der Waals surface area contributed by atoms with Gasteiger partial charge in [0.1, 0.15) is 6.04 Å². The molecule has 108 valence electrons. The predicted octanol–water partition coefficient (Wildman–Crippen LogP) is 3.73. The number of carbonyl (C=O) groups is 1. The molecule has 1 aliphatic rings. The van der Waals surface area contributed by atoms with E-state index in [2.05, 4.69) is 22.3 Å². The van der Waals surface area contributed by atoms with Crippen LogP contribution in [0, 0.1) is 0 Å². The van der Waals surface area contributed by atoms with Gasteiger partial charge in [0.2, 0.25) is 5.91 Å². The van der Waals surface area contributed by atoms with Gasteiger partial charge in [0.05, 0.1) is 0 Å². The Morgan fingerprint density at radius 3 is 2.86 bits per heavy atom. The van der Waals surface area contributed by atoms with Crippen molar-refractivity contribution in [1.29, 1.82) is 0 Å². The number of halogens is 1. The first-order chi connectivity index (χ1) is 10.1. The zero-order valence-corrected chi connectivity index (χ0v) is 12.6. The molecule has 1 amide bonds. The molecule has 4 heteroatoms. The van der Waals surface area contributed by atoms with Crippen molar-refractivity contribution in [2.45, 2.75) is 19.4 Å². The van der Waals surface area contributed by atoms with Crippen LogP contribution in [0.3, 0.4) is 0 Å². The summed E-state index contributed by atoms with van der Waals surface area (Å²) < 4.78 is 0. The minimum absolute atomic E-state index is 0.0195. The highest BCUT2D eigenvalue weighted by Crippen LogP contribution is 2.29. The van der Waals surface area contributed by atoms with Gasteiger partial charge in [0.15, 0.2) is 0 Å². The Kier molecular flexibility index (Phi) is 3.84. The van der Waals surface area contributed by atoms with Gasteiger partial charge in [-0.25, -0.2) is 0 Å². The normalized spacial score (nSPS) is 14.7. The predicted molar refractivity (Wildman–Crippen MR) is 87.0 cm³/mol. The molecule has 0 saturated carbocycles. The molecule has 0 spiro atoms. The second-order valence-corrected chi connectivity index (χ2v) is 5.68. The minimum Gasteiger partial charge on any atom is -0.359 e. The topological polar surface area (TPSA) is 32.3 Å². The first-order valence-electron chi connectivity index (χ1n) is 7.06. The molecule has 3 rings (SSSR count). The molecule has 1 N–H and O–H groups in total. The van der Waals surface area contributed by atoms with Gasteiger partial charge in [-0.2, -0.15) is 0 Å². The number of para-hydroxylation sites is 1. The van der Waals surface area contributed by atoms with Crippen LogP contribution in [-0.2, 0) is 11.2 Å². The van der Waals surface area contributed by atoms with Crippen molar-refractivity contribution in [3.63, 3.8) is 0 Å². The average Bonchev–Trinajstić information content (AvgIpc) is 2.90. The van der Waals surface area contributed by atoms with Crippen LogP contribution in [0.15, 0.2) is 48.5 Å². The van der Waals surface area contributed by atoms with E-state index in [1.807, 2.05) is 31.2 Å². The number of rotatable bonds is 3. The van der Waals surface area contributed by atoms with E-state index < -0.39 is 0 Å². The van der Waals surface area contributed by atoms with Gasteiger partial charge in [0.25, 0.3) is 0 Å². The Labute approximate surface area is 129 Å². The largest absolute Gasteiger partial charge is 0.359 e. The van der Waals surface area contributed by atoms with Gasteiger partial charge in [-0.05, 0) is 43.2 Å². The van der Waals surface area contributed by atoms with Gasteiger partial charge in [-0.3, -0.25) is 4.79 Å². The lowest BCUT2D eigenvalue weighted by atomic mass is 10.1. The van der Waals surface area contributed by atoms with E-state index in [4.69, 9.17) is 11.6 Å². The van der Waals surface area contributed by atoms with Crippen molar-refractivity contribution in [2.75, 3.05) is 16.8 Å². The number of nitrogens with one attached hydrogen (secondary N) is 1. The number of anilines is 2. The number of benzene rings is 2. The van der Waals surface area contributed by atoms with Crippen LogP contribution in [0.1, 0.15) is 12.5 Å². The summed E-state index contributed by atoms with van der Waals surface area (Å²) in [5, 5.41) is 3.54. The van der Waals surface area contributed by atoms with Crippen LogP contribution < -0.4 is 10.2 Å². The fraction of sp³-hybridized carbons (Fsp3) is 0.235. The Bertz CT molecular complexity index is 671. The average molecular weight is 301 g/mol. The first-order valence-corrected chi connectivity index (χ1v) is 7.44. The third-order valence-corrected chi connectivity index (χ3v) is 4.10. The molecule has 0 aromatic heterocycles. The molecular formula is C17H17ClN2O. The van der Waals surface area contributed by atoms with Crippen molar-refractivity contribution < 1.29 is 4.79 Å². The Morgan fingerprint density at radius 2 is 2.05 bits per heavy atom. The van der Waals surface area contributed by atoms with E-state index >= 15 is 0 Å². The third-order valence-electron chi connectivity index (χ3n) is 3.86. The number of carbonyl (C=O) groups excluding carboxylic acids is 1. The van der Waals surface area contributed by atoms with E-state index in [9.17, 15) is 4.79 Å². The molecule has 0 fully saturated rings. The zero-order chi connectivity index (χ0) is 14.8. The molecule has 1 aliphatic heterocycles. The molecule has 0 aliphatic carbocycles. The van der Waals surface area contributed by atoms with E-state index in [1.54, 1.807) is 12.1 Å². The Balaban J connectivity index is 1.74. The fourth-order valence-corrected chi connectivity index (χ4v) is 2.91. The molecule has 2 aromatic carbocycles. The van der Waals surface area contributed by atoms with Crippen LogP contribution >= 0.6 is 11.6 Å². The van der Waals surface area contributed by atoms with Gasteiger partial charge in [0, 0.05) is 22.9 Å². The summed E-state index contributed by atoms with van der Waals surface area (Å²) in [7, 11) is 0. The van der Waals surface area contributed by atoms with Crippen molar-refractivity contribution in [3.8, 4) is 0 Å². The van der Waals surface area contributed by atoms with Crippen molar-refractivity contribution in [3.05, 3.63) is 59.1 Å². The first kappa shape index (κ1) is 14.0. The lowest BCUT2D eigenvalue weighted by Gasteiger charge is -2.26. The van der Waals surface area contributed by atoms with Gasteiger partial charge in [-0.15, -0.1) is 0 Å². The van der Waals surface area contributed by atoms with E-state index in [0.717, 1.165) is 24.3 Å². The van der Waals surface area contributed by atoms with Gasteiger partial charge < -0.3 is 10.2 Å². The highest BCUT2D eigenvalue weighted by Gasteiger charge is 2.27. The third kappa shape index (κ3) is 2.88. The lowest BCUT2D eigenvalue weighted by molar-refractivity contribution is -0.117. The van der Waals surface area contributed by atoms with E-state index in [0.29, 0.717) is 5.02 Å². The molecule has 0 saturated heterocycles. The number of amides is 1. The summed E-state index contributed by atoms with van der Waals surface area (Å²) in [6.45, 7) is 2.81. The van der Waals surface area contributed by atoms with Crippen LogP contribution in [0.25, 0.3) is 0 Å². The maximum atomic E-state index is 12.4. The van der Waals surface area contributed by atoms with Crippen LogP contribution in [0.5, 0.6) is 0 Å². The van der Waals surface area contributed by atoms with Crippen LogP contribution in [-0.4, -0.2) is 18.5 Å². The monoisotopic (exact) mass is 300 g/mol. The van der Waals surface area contributed by atoms with Crippen molar-refractivity contribution >= 4 is 28.9 Å². The Hall–Kier alpha value is -2.00. The fourth-order valence-electron chi connectivity index (χ4n) is 2.72. The summed E-state index contributed by atoms with van der Waals surface area (Å²) in [6, 6.07) is 15.2. The second-order valence-electron chi connectivity index (χ2n) is 5.25. The maximum Gasteiger partial charge on any atom is 0.246 e. The molecule has 0 bridgehead atoms. The summed E-state index contributed by atoms with van der Waals surface area (Å²) in [6.07, 6.45) is 0.991. The number of hydrogen-bond acceptors (Lipinski definition) is 2. The molecule has 0 unspecified atom stereocenters. The summed E-state index contributed by atoms with van der Waals surface area (Å²) in [4.78, 5) is 14.6. The highest BCUT2D eigenvalue weighted by molar-refractivity contribution is 6.30. The smallest absolute Gasteiger partial charge is 0.246 e. The maximum absolute atomic E-state index is 12.4. The lowest BCUT2D eigenvalue weighted by Crippen LogP contribution is -2.41. The van der Waals surface area contributed by atoms with Crippen molar-refractivity contribution in [1.82, 2.24) is 0 Å². The number of fused-ring (bicyclic) bond motifs is 1. The van der Waals surface area contributed by atoms with Crippen molar-refractivity contribution in [2.24, 2.45) is 0 Å². The quantitative estimate of drug-likeness (QED) is 0.937. The van der Waals surface area contributed by atoms with E-state index in [1.165, 1.54) is 5.56 Å². The van der Waals surface area contributed by atoms with Crippen LogP contribution in [0.2, 0.25) is 5.02 Å². The summed E-state index contributed by atoms with van der Waals surface area (Å²) >= 11 is 5.94. The summed E-state index contributed by atoms with van der Waals surface area (Å²) in [5.41, 5.74) is 3.19. The molecular weight excluding hydrogens is 284 g/mol. The SMILES string of the molecule is C[C@@H](C(=O)Nc1cccc(Cl)c1)N1CCc2ccccc21. The summed E-state index contributed by atoms with van der Waals surface area (Å²) in [5.74, 6) is -0.0195. The second kappa shape index (κ2) is 5.78. The Morgan fingerprint density at radius 1 is 1.24 bits per heavy atom. The number of nitrogens with zero attached hydrogens (tertiary/aromatic N) is 1. The number of hydrogen-bond donors (Lipinski definition) is 1. The molecule has 3 nitrogen and oxygen atoms in total. The van der Waals surface area contributed by atoms with Crippen LogP contribution in [0.4, 0.5) is 11.4 Å². The van der Waals surface area contributed by atoms with Gasteiger partial charge in [-0.1, -0.05) is 35.9 Å². The molecule has 21 heavy (non-hydrogen) atoms. The van der Waals surface area contributed by atoms with Gasteiger partial charge >= 0.3 is 0 Å². The highest BCUT2D eigenvalue weighted by atomic mass is 35.5. The minimum atomic E-state index is -0.215. The molecule has 2 aromatic rings. The molecule has 1 atom stereocenters. The molecule has 1 heterocycles. The standard InChI is InChI=1S/C17H17ClN2O/c1-12(17(21)19-15-7-4-6-14(18)11-15)20-10-9-13-5-2-3-8-16(13)20/h2-8,11-12H,9-10H2,1H3,(H,19,21)/t12-/m0/s1. The molecule has 0 radical (unpaired) electrons. The zero-order valence-electron chi connectivity index (χ0n) is 11.8. The van der Waals surface area contributed by atoms with E-state index in [-0.39, 0.29) is 11.9 Å².